The zero-order valence-electron chi connectivity index (χ0n) is 11.7. The van der Waals surface area contributed by atoms with Crippen LogP contribution >= 0.6 is 0 Å². The summed E-state index contributed by atoms with van der Waals surface area (Å²) in [5.74, 6) is 1.40. The Morgan fingerprint density at radius 2 is 2.10 bits per heavy atom. The smallest absolute Gasteiger partial charge is 0.248 e. The molecule has 108 valence electrons. The van der Waals surface area contributed by atoms with Gasteiger partial charge in [-0.25, -0.2) is 4.98 Å². The molecule has 1 aliphatic heterocycles. The largest absolute Gasteiger partial charge is 0.366 e. The van der Waals surface area contributed by atoms with Gasteiger partial charge in [0, 0.05) is 30.9 Å². The molecule has 0 bridgehead atoms. The van der Waals surface area contributed by atoms with Crippen LogP contribution in [0.1, 0.15) is 36.0 Å². The maximum Gasteiger partial charge on any atom is 0.248 e. The van der Waals surface area contributed by atoms with Crippen LogP contribution in [-0.4, -0.2) is 36.6 Å². The Balaban J connectivity index is 1.54. The first-order valence-corrected chi connectivity index (χ1v) is 7.46. The van der Waals surface area contributed by atoms with Gasteiger partial charge in [-0.05, 0) is 50.3 Å². The van der Waals surface area contributed by atoms with Gasteiger partial charge in [-0.1, -0.05) is 0 Å². The van der Waals surface area contributed by atoms with Crippen LogP contribution in [0.15, 0.2) is 18.3 Å². The average molecular weight is 274 g/mol. The number of nitrogens with one attached hydrogen (secondary N) is 1. The fourth-order valence-electron chi connectivity index (χ4n) is 2.71. The molecule has 1 aliphatic carbocycles. The SMILES string of the molecule is NC(=O)c1ccnc(N2CCC(NCC3CC3)CC2)c1. The highest BCUT2D eigenvalue weighted by Crippen LogP contribution is 2.28. The molecule has 0 unspecified atom stereocenters. The van der Waals surface area contributed by atoms with Crippen molar-refractivity contribution in [2.45, 2.75) is 31.7 Å². The first-order valence-electron chi connectivity index (χ1n) is 7.46. The molecule has 2 fully saturated rings. The van der Waals surface area contributed by atoms with E-state index in [1.54, 1.807) is 18.3 Å². The Bertz CT molecular complexity index is 479. The Morgan fingerprint density at radius 3 is 2.75 bits per heavy atom. The third-order valence-corrected chi connectivity index (χ3v) is 4.24. The van der Waals surface area contributed by atoms with Crippen LogP contribution in [0, 0.1) is 5.92 Å². The van der Waals surface area contributed by atoms with Crippen LogP contribution in [0.4, 0.5) is 5.82 Å². The summed E-state index contributed by atoms with van der Waals surface area (Å²) >= 11 is 0. The molecule has 3 N–H and O–H groups in total. The Kier molecular flexibility index (Phi) is 3.87. The Labute approximate surface area is 119 Å². The number of piperidine rings is 1. The van der Waals surface area contributed by atoms with E-state index < -0.39 is 5.91 Å². The molecular formula is C15H22N4O. The lowest BCUT2D eigenvalue weighted by atomic mass is 10.0. The number of amides is 1. The number of carbonyl (C=O) groups is 1. The van der Waals surface area contributed by atoms with Crippen molar-refractivity contribution in [2.24, 2.45) is 11.7 Å². The minimum Gasteiger partial charge on any atom is -0.366 e. The molecular weight excluding hydrogens is 252 g/mol. The number of rotatable bonds is 5. The average Bonchev–Trinajstić information content (AvgIpc) is 3.30. The summed E-state index contributed by atoms with van der Waals surface area (Å²) < 4.78 is 0. The highest BCUT2D eigenvalue weighted by Gasteiger charge is 2.24. The molecule has 5 nitrogen and oxygen atoms in total. The van der Waals surface area contributed by atoms with E-state index in [0.29, 0.717) is 11.6 Å². The molecule has 20 heavy (non-hydrogen) atoms. The molecule has 0 radical (unpaired) electrons. The lowest BCUT2D eigenvalue weighted by Crippen LogP contribution is -2.43. The van der Waals surface area contributed by atoms with Gasteiger partial charge >= 0.3 is 0 Å². The molecule has 1 aromatic heterocycles. The zero-order valence-corrected chi connectivity index (χ0v) is 11.7. The van der Waals surface area contributed by atoms with Crippen LogP contribution in [0.25, 0.3) is 0 Å². The molecule has 1 saturated heterocycles. The fraction of sp³-hybridized carbons (Fsp3) is 0.600. The van der Waals surface area contributed by atoms with Crippen LogP contribution in [-0.2, 0) is 0 Å². The number of carbonyl (C=O) groups excluding carboxylic acids is 1. The molecule has 1 amide bonds. The van der Waals surface area contributed by atoms with Gasteiger partial charge in [-0.15, -0.1) is 0 Å². The number of hydrogen-bond donors (Lipinski definition) is 2. The lowest BCUT2D eigenvalue weighted by molar-refractivity contribution is 0.1000. The number of nitrogens with two attached hydrogens (primary N) is 1. The lowest BCUT2D eigenvalue weighted by Gasteiger charge is -2.33. The Morgan fingerprint density at radius 1 is 1.35 bits per heavy atom. The van der Waals surface area contributed by atoms with Crippen molar-refractivity contribution in [1.29, 1.82) is 0 Å². The number of nitrogens with zero attached hydrogens (tertiary/aromatic N) is 2. The number of pyridine rings is 1. The molecule has 0 atom stereocenters. The van der Waals surface area contributed by atoms with Crippen LogP contribution in [0.3, 0.4) is 0 Å². The van der Waals surface area contributed by atoms with Crippen molar-refractivity contribution in [3.63, 3.8) is 0 Å². The second-order valence-electron chi connectivity index (χ2n) is 5.88. The minimum atomic E-state index is -0.394. The highest BCUT2D eigenvalue weighted by atomic mass is 16.1. The summed E-state index contributed by atoms with van der Waals surface area (Å²) in [7, 11) is 0. The zero-order chi connectivity index (χ0) is 13.9. The molecule has 2 heterocycles. The van der Waals surface area contributed by atoms with Crippen molar-refractivity contribution in [3.8, 4) is 0 Å². The number of anilines is 1. The predicted molar refractivity (Wildman–Crippen MR) is 78.7 cm³/mol. The summed E-state index contributed by atoms with van der Waals surface area (Å²) in [6, 6.07) is 4.09. The van der Waals surface area contributed by atoms with Gasteiger partial charge in [-0.3, -0.25) is 4.79 Å². The van der Waals surface area contributed by atoms with E-state index in [1.807, 2.05) is 0 Å². The second-order valence-corrected chi connectivity index (χ2v) is 5.88. The van der Waals surface area contributed by atoms with E-state index in [1.165, 1.54) is 19.4 Å². The van der Waals surface area contributed by atoms with Gasteiger partial charge in [0.25, 0.3) is 0 Å². The third-order valence-electron chi connectivity index (χ3n) is 4.24. The third kappa shape index (κ3) is 3.28. The molecule has 1 saturated carbocycles. The van der Waals surface area contributed by atoms with E-state index in [4.69, 9.17) is 5.73 Å². The van der Waals surface area contributed by atoms with Crippen molar-refractivity contribution in [1.82, 2.24) is 10.3 Å². The number of hydrogen-bond acceptors (Lipinski definition) is 4. The fourth-order valence-corrected chi connectivity index (χ4v) is 2.71. The van der Waals surface area contributed by atoms with Gasteiger partial charge in [0.15, 0.2) is 0 Å². The predicted octanol–water partition coefficient (Wildman–Crippen LogP) is 1.15. The Hall–Kier alpha value is -1.62. The second kappa shape index (κ2) is 5.79. The highest BCUT2D eigenvalue weighted by molar-refractivity contribution is 5.93. The summed E-state index contributed by atoms with van der Waals surface area (Å²) in [4.78, 5) is 17.8. The van der Waals surface area contributed by atoms with Gasteiger partial charge in [0.1, 0.15) is 5.82 Å². The van der Waals surface area contributed by atoms with E-state index in [0.717, 1.165) is 37.7 Å². The normalized spacial score (nSPS) is 20.1. The minimum absolute atomic E-state index is 0.394. The maximum absolute atomic E-state index is 11.2. The van der Waals surface area contributed by atoms with Crippen LogP contribution in [0.5, 0.6) is 0 Å². The van der Waals surface area contributed by atoms with Crippen LogP contribution in [0.2, 0.25) is 0 Å². The molecule has 1 aromatic rings. The van der Waals surface area contributed by atoms with E-state index in [2.05, 4.69) is 15.2 Å². The molecule has 0 aromatic carbocycles. The van der Waals surface area contributed by atoms with Crippen molar-refractivity contribution < 1.29 is 4.79 Å². The molecule has 2 aliphatic rings. The van der Waals surface area contributed by atoms with E-state index >= 15 is 0 Å². The maximum atomic E-state index is 11.2. The first kappa shape index (κ1) is 13.4. The summed E-state index contributed by atoms with van der Waals surface area (Å²) in [5.41, 5.74) is 5.84. The van der Waals surface area contributed by atoms with Crippen molar-refractivity contribution in [3.05, 3.63) is 23.9 Å². The summed E-state index contributed by atoms with van der Waals surface area (Å²) in [5, 5.41) is 3.66. The topological polar surface area (TPSA) is 71.2 Å². The van der Waals surface area contributed by atoms with Crippen LogP contribution < -0.4 is 16.0 Å². The summed E-state index contributed by atoms with van der Waals surface area (Å²) in [6.45, 7) is 3.15. The number of primary amides is 1. The van der Waals surface area contributed by atoms with E-state index in [-0.39, 0.29) is 0 Å². The van der Waals surface area contributed by atoms with Gasteiger partial charge in [0.2, 0.25) is 5.91 Å². The quantitative estimate of drug-likeness (QED) is 0.845. The van der Waals surface area contributed by atoms with Crippen molar-refractivity contribution >= 4 is 11.7 Å². The monoisotopic (exact) mass is 274 g/mol. The van der Waals surface area contributed by atoms with Crippen molar-refractivity contribution in [2.75, 3.05) is 24.5 Å². The van der Waals surface area contributed by atoms with Gasteiger partial charge < -0.3 is 16.0 Å². The van der Waals surface area contributed by atoms with E-state index in [9.17, 15) is 4.79 Å². The standard InChI is InChI=1S/C15H22N4O/c16-15(20)12-3-6-17-14(9-12)19-7-4-13(5-8-19)18-10-11-1-2-11/h3,6,9,11,13,18H,1-2,4-5,7-8,10H2,(H2,16,20). The summed E-state index contributed by atoms with van der Waals surface area (Å²) in [6.07, 6.45) is 6.72. The molecule has 0 spiro atoms. The van der Waals surface area contributed by atoms with Gasteiger partial charge in [-0.2, -0.15) is 0 Å². The molecule has 5 heteroatoms. The number of aromatic nitrogens is 1. The molecule has 3 rings (SSSR count). The van der Waals surface area contributed by atoms with Gasteiger partial charge in [0.05, 0.1) is 0 Å². The first-order chi connectivity index (χ1) is 9.72.